The van der Waals surface area contributed by atoms with Crippen LogP contribution in [-0.4, -0.2) is 5.11 Å². The molecule has 1 aliphatic rings. The molecular formula is C11H11ClF2O. The Morgan fingerprint density at radius 3 is 2.33 bits per heavy atom. The Kier molecular flexibility index (Phi) is 2.69. The summed E-state index contributed by atoms with van der Waals surface area (Å²) in [5.41, 5.74) is -1.18. The molecule has 1 fully saturated rings. The fourth-order valence-electron chi connectivity index (χ4n) is 2.11. The Hall–Kier alpha value is -0.670. The zero-order valence-electron chi connectivity index (χ0n) is 8.06. The Bertz CT molecular complexity index is 386. The molecule has 15 heavy (non-hydrogen) atoms. The third kappa shape index (κ3) is 1.74. The smallest absolute Gasteiger partial charge is 0.177 e. The molecule has 2 rings (SSSR count). The van der Waals surface area contributed by atoms with E-state index in [0.717, 1.165) is 12.8 Å². The van der Waals surface area contributed by atoms with E-state index in [1.807, 2.05) is 0 Å². The molecule has 1 saturated carbocycles. The first-order valence-electron chi connectivity index (χ1n) is 4.91. The average molecular weight is 233 g/mol. The molecule has 0 atom stereocenters. The van der Waals surface area contributed by atoms with E-state index < -0.39 is 17.2 Å². The molecular weight excluding hydrogens is 222 g/mol. The molecule has 1 N–H and O–H groups in total. The molecule has 0 spiro atoms. The van der Waals surface area contributed by atoms with Crippen LogP contribution in [0.3, 0.4) is 0 Å². The van der Waals surface area contributed by atoms with Crippen LogP contribution < -0.4 is 0 Å². The molecule has 0 heterocycles. The third-order valence-corrected chi connectivity index (χ3v) is 3.26. The molecule has 1 aliphatic carbocycles. The standard InChI is InChI=1S/C11H11ClF2O/c12-8-4-3-7(9(13)10(8)14)11(15)5-1-2-6-11/h3-4,15H,1-2,5-6H2. The van der Waals surface area contributed by atoms with Crippen molar-refractivity contribution in [2.24, 2.45) is 0 Å². The molecule has 0 amide bonds. The van der Waals surface area contributed by atoms with Crippen LogP contribution in [0.4, 0.5) is 8.78 Å². The molecule has 82 valence electrons. The van der Waals surface area contributed by atoms with Gasteiger partial charge in [0, 0.05) is 5.56 Å². The van der Waals surface area contributed by atoms with E-state index in [0.29, 0.717) is 12.8 Å². The second-order valence-corrected chi connectivity index (χ2v) is 4.37. The number of halogens is 3. The fourth-order valence-corrected chi connectivity index (χ4v) is 2.26. The molecule has 0 aliphatic heterocycles. The van der Waals surface area contributed by atoms with E-state index in [9.17, 15) is 13.9 Å². The first-order chi connectivity index (χ1) is 7.04. The van der Waals surface area contributed by atoms with Gasteiger partial charge in [0.1, 0.15) is 0 Å². The first-order valence-corrected chi connectivity index (χ1v) is 5.29. The Labute approximate surface area is 91.7 Å². The van der Waals surface area contributed by atoms with Gasteiger partial charge in [-0.25, -0.2) is 8.78 Å². The van der Waals surface area contributed by atoms with Crippen molar-refractivity contribution in [1.29, 1.82) is 0 Å². The van der Waals surface area contributed by atoms with E-state index in [-0.39, 0.29) is 10.6 Å². The molecule has 1 aromatic carbocycles. The highest BCUT2D eigenvalue weighted by atomic mass is 35.5. The van der Waals surface area contributed by atoms with Gasteiger partial charge in [0.2, 0.25) is 0 Å². The molecule has 4 heteroatoms. The summed E-state index contributed by atoms with van der Waals surface area (Å²) >= 11 is 5.44. The molecule has 0 saturated heterocycles. The molecule has 0 unspecified atom stereocenters. The number of aliphatic hydroxyl groups is 1. The number of rotatable bonds is 1. The van der Waals surface area contributed by atoms with Gasteiger partial charge in [-0.2, -0.15) is 0 Å². The summed E-state index contributed by atoms with van der Waals surface area (Å²) in [5.74, 6) is -2.10. The van der Waals surface area contributed by atoms with Crippen molar-refractivity contribution in [2.75, 3.05) is 0 Å². The van der Waals surface area contributed by atoms with Crippen molar-refractivity contribution in [3.05, 3.63) is 34.4 Å². The predicted octanol–water partition coefficient (Wildman–Crippen LogP) is 3.38. The highest BCUT2D eigenvalue weighted by molar-refractivity contribution is 6.30. The van der Waals surface area contributed by atoms with Crippen LogP contribution in [0.25, 0.3) is 0 Å². The van der Waals surface area contributed by atoms with Crippen LogP contribution in [0.1, 0.15) is 31.2 Å². The Morgan fingerprint density at radius 1 is 1.13 bits per heavy atom. The second kappa shape index (κ2) is 3.72. The van der Waals surface area contributed by atoms with E-state index in [1.165, 1.54) is 12.1 Å². The van der Waals surface area contributed by atoms with Gasteiger partial charge in [0.15, 0.2) is 11.6 Å². The van der Waals surface area contributed by atoms with Crippen molar-refractivity contribution in [2.45, 2.75) is 31.3 Å². The minimum Gasteiger partial charge on any atom is -0.385 e. The van der Waals surface area contributed by atoms with E-state index >= 15 is 0 Å². The summed E-state index contributed by atoms with van der Waals surface area (Å²) < 4.78 is 26.7. The zero-order valence-corrected chi connectivity index (χ0v) is 8.82. The SMILES string of the molecule is OC1(c2ccc(Cl)c(F)c2F)CCCC1. The highest BCUT2D eigenvalue weighted by Gasteiger charge is 2.36. The van der Waals surface area contributed by atoms with Crippen molar-refractivity contribution in [1.82, 2.24) is 0 Å². The Balaban J connectivity index is 2.49. The van der Waals surface area contributed by atoms with Crippen molar-refractivity contribution in [3.63, 3.8) is 0 Å². The summed E-state index contributed by atoms with van der Waals surface area (Å²) in [6.45, 7) is 0. The summed E-state index contributed by atoms with van der Waals surface area (Å²) in [7, 11) is 0. The van der Waals surface area contributed by atoms with Gasteiger partial charge in [-0.1, -0.05) is 30.5 Å². The maximum Gasteiger partial charge on any atom is 0.177 e. The van der Waals surface area contributed by atoms with E-state index in [2.05, 4.69) is 0 Å². The zero-order chi connectivity index (χ0) is 11.1. The van der Waals surface area contributed by atoms with Gasteiger partial charge in [0.25, 0.3) is 0 Å². The van der Waals surface area contributed by atoms with Crippen LogP contribution in [0.5, 0.6) is 0 Å². The van der Waals surface area contributed by atoms with Crippen LogP contribution in [0, 0.1) is 11.6 Å². The number of hydrogen-bond donors (Lipinski definition) is 1. The number of hydrogen-bond acceptors (Lipinski definition) is 1. The minimum atomic E-state index is -1.21. The fraction of sp³-hybridized carbons (Fsp3) is 0.455. The van der Waals surface area contributed by atoms with Crippen LogP contribution in [-0.2, 0) is 5.60 Å². The average Bonchev–Trinajstić information content (AvgIpc) is 2.62. The minimum absolute atomic E-state index is 0.0295. The summed E-state index contributed by atoms with van der Waals surface area (Å²) in [6.07, 6.45) is 2.62. The van der Waals surface area contributed by atoms with E-state index in [4.69, 9.17) is 11.6 Å². The normalized spacial score (nSPS) is 19.5. The van der Waals surface area contributed by atoms with Gasteiger partial charge in [-0.05, 0) is 18.9 Å². The third-order valence-electron chi connectivity index (χ3n) is 2.97. The molecule has 1 aromatic rings. The van der Waals surface area contributed by atoms with Crippen LogP contribution >= 0.6 is 11.6 Å². The summed E-state index contributed by atoms with van der Waals surface area (Å²) in [6, 6.07) is 2.65. The van der Waals surface area contributed by atoms with Gasteiger partial charge >= 0.3 is 0 Å². The topological polar surface area (TPSA) is 20.2 Å². The quantitative estimate of drug-likeness (QED) is 0.736. The van der Waals surface area contributed by atoms with Gasteiger partial charge in [0.05, 0.1) is 10.6 Å². The molecule has 1 nitrogen and oxygen atoms in total. The van der Waals surface area contributed by atoms with Crippen molar-refractivity contribution in [3.8, 4) is 0 Å². The predicted molar refractivity (Wildman–Crippen MR) is 53.7 cm³/mol. The lowest BCUT2D eigenvalue weighted by molar-refractivity contribution is 0.0400. The van der Waals surface area contributed by atoms with Gasteiger partial charge < -0.3 is 5.11 Å². The maximum atomic E-state index is 13.5. The molecule has 0 bridgehead atoms. The number of benzene rings is 1. The van der Waals surface area contributed by atoms with Gasteiger partial charge in [-0.3, -0.25) is 0 Å². The Morgan fingerprint density at radius 2 is 1.73 bits per heavy atom. The summed E-state index contributed by atoms with van der Waals surface area (Å²) in [4.78, 5) is 0. The highest BCUT2D eigenvalue weighted by Crippen LogP contribution is 2.40. The summed E-state index contributed by atoms with van der Waals surface area (Å²) in [5, 5.41) is 9.86. The lowest BCUT2D eigenvalue weighted by atomic mass is 9.92. The van der Waals surface area contributed by atoms with Crippen molar-refractivity contribution >= 4 is 11.6 Å². The van der Waals surface area contributed by atoms with Crippen molar-refractivity contribution < 1.29 is 13.9 Å². The van der Waals surface area contributed by atoms with E-state index in [1.54, 1.807) is 0 Å². The largest absolute Gasteiger partial charge is 0.385 e. The van der Waals surface area contributed by atoms with Gasteiger partial charge in [-0.15, -0.1) is 0 Å². The lowest BCUT2D eigenvalue weighted by Crippen LogP contribution is -2.23. The van der Waals surface area contributed by atoms with Crippen LogP contribution in [0.15, 0.2) is 12.1 Å². The first kappa shape index (κ1) is 10.8. The monoisotopic (exact) mass is 232 g/mol. The lowest BCUT2D eigenvalue weighted by Gasteiger charge is -2.23. The molecule has 0 radical (unpaired) electrons. The molecule has 0 aromatic heterocycles. The van der Waals surface area contributed by atoms with Crippen LogP contribution in [0.2, 0.25) is 5.02 Å². The maximum absolute atomic E-state index is 13.5. The second-order valence-electron chi connectivity index (χ2n) is 3.96.